The van der Waals surface area contributed by atoms with Crippen LogP contribution in [0.3, 0.4) is 0 Å². The predicted molar refractivity (Wildman–Crippen MR) is 44.5 cm³/mol. The van der Waals surface area contributed by atoms with Gasteiger partial charge in [-0.15, -0.1) is 0 Å². The molecule has 0 aromatic rings. The van der Waals surface area contributed by atoms with E-state index in [-0.39, 0.29) is 17.5 Å². The van der Waals surface area contributed by atoms with Crippen molar-refractivity contribution < 1.29 is 9.59 Å². The second-order valence-electron chi connectivity index (χ2n) is 3.33. The van der Waals surface area contributed by atoms with Crippen molar-refractivity contribution in [2.24, 2.45) is 11.8 Å². The summed E-state index contributed by atoms with van der Waals surface area (Å²) in [5.41, 5.74) is 0.718. The fourth-order valence-electron chi connectivity index (χ4n) is 1.83. The van der Waals surface area contributed by atoms with Crippen molar-refractivity contribution in [2.75, 3.05) is 0 Å². The molecule has 0 saturated heterocycles. The number of hydrogen-bond donors (Lipinski definition) is 0. The smallest absolute Gasteiger partial charge is 0.169 e. The monoisotopic (exact) mass is 162 g/mol. The van der Waals surface area contributed by atoms with Gasteiger partial charge in [0.2, 0.25) is 0 Å². The molecule has 2 atom stereocenters. The summed E-state index contributed by atoms with van der Waals surface area (Å²) in [6.45, 7) is 1.70. The number of hydrogen-bond acceptors (Lipinski definition) is 2. The molecule has 62 valence electrons. The Morgan fingerprint density at radius 1 is 1.42 bits per heavy atom. The van der Waals surface area contributed by atoms with Gasteiger partial charge in [-0.1, -0.05) is 18.2 Å². The highest BCUT2D eigenvalue weighted by atomic mass is 16.2. The zero-order valence-electron chi connectivity index (χ0n) is 6.91. The fourth-order valence-corrected chi connectivity index (χ4v) is 1.83. The lowest BCUT2D eigenvalue weighted by Crippen LogP contribution is -2.13. The van der Waals surface area contributed by atoms with E-state index in [2.05, 4.69) is 0 Å². The van der Waals surface area contributed by atoms with E-state index < -0.39 is 5.92 Å². The summed E-state index contributed by atoms with van der Waals surface area (Å²) >= 11 is 0. The van der Waals surface area contributed by atoms with Gasteiger partial charge in [0, 0.05) is 5.57 Å². The van der Waals surface area contributed by atoms with Crippen LogP contribution < -0.4 is 0 Å². The van der Waals surface area contributed by atoms with E-state index in [1.807, 2.05) is 12.2 Å². The molecule has 2 heteroatoms. The molecular formula is C10H10O2. The summed E-state index contributed by atoms with van der Waals surface area (Å²) in [6.07, 6.45) is 6.28. The molecule has 0 bridgehead atoms. The third-order valence-corrected chi connectivity index (χ3v) is 2.61. The van der Waals surface area contributed by atoms with Crippen LogP contribution in [0.15, 0.2) is 23.8 Å². The summed E-state index contributed by atoms with van der Waals surface area (Å²) < 4.78 is 0. The first kappa shape index (κ1) is 7.47. The molecule has 0 radical (unpaired) electrons. The van der Waals surface area contributed by atoms with Crippen LogP contribution in [0.2, 0.25) is 0 Å². The lowest BCUT2D eigenvalue weighted by atomic mass is 9.94. The van der Waals surface area contributed by atoms with Gasteiger partial charge < -0.3 is 0 Å². The Balaban J connectivity index is 2.44. The normalized spacial score (nSPS) is 33.6. The van der Waals surface area contributed by atoms with Crippen LogP contribution in [-0.2, 0) is 9.59 Å². The van der Waals surface area contributed by atoms with Crippen LogP contribution in [0.4, 0.5) is 0 Å². The zero-order chi connectivity index (χ0) is 8.72. The topological polar surface area (TPSA) is 34.1 Å². The molecule has 12 heavy (non-hydrogen) atoms. The second-order valence-corrected chi connectivity index (χ2v) is 3.33. The molecule has 1 fully saturated rings. The third-order valence-electron chi connectivity index (χ3n) is 2.61. The lowest BCUT2D eigenvalue weighted by Gasteiger charge is -2.08. The number of allylic oxidation sites excluding steroid dienone is 4. The molecule has 2 rings (SSSR count). The maximum absolute atomic E-state index is 11.5. The van der Waals surface area contributed by atoms with E-state index in [9.17, 15) is 9.59 Å². The molecule has 0 amide bonds. The average Bonchev–Trinajstić information content (AvgIpc) is 2.33. The molecule has 0 aliphatic heterocycles. The van der Waals surface area contributed by atoms with Crippen molar-refractivity contribution in [2.45, 2.75) is 13.3 Å². The van der Waals surface area contributed by atoms with Gasteiger partial charge in [-0.2, -0.15) is 0 Å². The Bertz CT molecular complexity index is 310. The molecule has 2 unspecified atom stereocenters. The summed E-state index contributed by atoms with van der Waals surface area (Å²) in [4.78, 5) is 22.9. The van der Waals surface area contributed by atoms with Crippen LogP contribution in [0.5, 0.6) is 0 Å². The van der Waals surface area contributed by atoms with Crippen LogP contribution in [0.1, 0.15) is 13.3 Å². The number of carbonyl (C=O) groups is 2. The largest absolute Gasteiger partial charge is 0.298 e. The molecule has 0 N–H and O–H groups in total. The molecule has 0 heterocycles. The number of rotatable bonds is 0. The van der Waals surface area contributed by atoms with Crippen molar-refractivity contribution in [1.29, 1.82) is 0 Å². The van der Waals surface area contributed by atoms with E-state index in [1.54, 1.807) is 13.0 Å². The van der Waals surface area contributed by atoms with E-state index >= 15 is 0 Å². The van der Waals surface area contributed by atoms with Gasteiger partial charge in [0.1, 0.15) is 0 Å². The van der Waals surface area contributed by atoms with Gasteiger partial charge in [0.25, 0.3) is 0 Å². The average molecular weight is 162 g/mol. The quantitative estimate of drug-likeness (QED) is 0.503. The summed E-state index contributed by atoms with van der Waals surface area (Å²) in [6, 6.07) is 0. The maximum Gasteiger partial charge on any atom is 0.169 e. The Hall–Kier alpha value is -1.18. The molecule has 0 aromatic heterocycles. The van der Waals surface area contributed by atoms with E-state index in [1.165, 1.54) is 0 Å². The fraction of sp³-hybridized carbons (Fsp3) is 0.400. The van der Waals surface area contributed by atoms with Gasteiger partial charge >= 0.3 is 0 Å². The third kappa shape index (κ3) is 0.809. The van der Waals surface area contributed by atoms with Crippen LogP contribution in [0, 0.1) is 11.8 Å². The Morgan fingerprint density at radius 2 is 2.17 bits per heavy atom. The number of Topliss-reactive ketones (excluding diaryl/α,β-unsaturated/α-hetero) is 2. The molecule has 0 aromatic carbocycles. The summed E-state index contributed by atoms with van der Waals surface area (Å²) in [7, 11) is 0. The highest BCUT2D eigenvalue weighted by Crippen LogP contribution is 2.33. The van der Waals surface area contributed by atoms with Gasteiger partial charge in [0.15, 0.2) is 11.6 Å². The molecular weight excluding hydrogens is 152 g/mol. The number of ketones is 2. The molecule has 1 saturated carbocycles. The minimum absolute atomic E-state index is 0.0225. The van der Waals surface area contributed by atoms with E-state index in [0.717, 1.165) is 5.57 Å². The standard InChI is InChI=1S/C10H10O2/c1-6-9(11)7-4-2-3-5-8(7)10(6)12/h2-4,6,8H,5H2,1H3. The Kier molecular flexibility index (Phi) is 1.50. The van der Waals surface area contributed by atoms with Crippen molar-refractivity contribution in [3.63, 3.8) is 0 Å². The van der Waals surface area contributed by atoms with Gasteiger partial charge in [0.05, 0.1) is 11.8 Å². The van der Waals surface area contributed by atoms with Gasteiger partial charge in [-0.25, -0.2) is 0 Å². The van der Waals surface area contributed by atoms with Crippen molar-refractivity contribution in [3.05, 3.63) is 23.8 Å². The zero-order valence-corrected chi connectivity index (χ0v) is 6.91. The number of fused-ring (bicyclic) bond motifs is 1. The minimum Gasteiger partial charge on any atom is -0.298 e. The SMILES string of the molecule is CC1C(=O)C2=CC=CCC2C1=O. The van der Waals surface area contributed by atoms with Gasteiger partial charge in [-0.05, 0) is 13.3 Å². The minimum atomic E-state index is -0.402. The van der Waals surface area contributed by atoms with E-state index in [0.29, 0.717) is 6.42 Å². The van der Waals surface area contributed by atoms with Crippen molar-refractivity contribution >= 4 is 11.6 Å². The van der Waals surface area contributed by atoms with Crippen LogP contribution in [-0.4, -0.2) is 11.6 Å². The Labute approximate surface area is 71.0 Å². The molecule has 2 nitrogen and oxygen atoms in total. The van der Waals surface area contributed by atoms with Crippen molar-refractivity contribution in [3.8, 4) is 0 Å². The van der Waals surface area contributed by atoms with Gasteiger partial charge in [-0.3, -0.25) is 9.59 Å². The molecule has 2 aliphatic carbocycles. The summed E-state index contributed by atoms with van der Waals surface area (Å²) in [5, 5.41) is 0. The Morgan fingerprint density at radius 3 is 2.83 bits per heavy atom. The molecule has 0 spiro atoms. The predicted octanol–water partition coefficient (Wildman–Crippen LogP) is 1.28. The maximum atomic E-state index is 11.5. The highest BCUT2D eigenvalue weighted by molar-refractivity contribution is 6.20. The first-order chi connectivity index (χ1) is 5.72. The van der Waals surface area contributed by atoms with Crippen LogP contribution in [0.25, 0.3) is 0 Å². The molecule has 2 aliphatic rings. The highest BCUT2D eigenvalue weighted by Gasteiger charge is 2.42. The first-order valence-electron chi connectivity index (χ1n) is 4.16. The second kappa shape index (κ2) is 2.41. The van der Waals surface area contributed by atoms with Crippen molar-refractivity contribution in [1.82, 2.24) is 0 Å². The van der Waals surface area contributed by atoms with E-state index in [4.69, 9.17) is 0 Å². The summed E-state index contributed by atoms with van der Waals surface area (Å²) in [5.74, 6) is -0.413. The number of carbonyl (C=O) groups excluding carboxylic acids is 2. The van der Waals surface area contributed by atoms with Crippen LogP contribution >= 0.6 is 0 Å². The first-order valence-corrected chi connectivity index (χ1v) is 4.16. The lowest BCUT2D eigenvalue weighted by molar-refractivity contribution is -0.127.